The van der Waals surface area contributed by atoms with Crippen molar-refractivity contribution >= 4 is 43.2 Å². The Hall–Kier alpha value is -0.160. The molecule has 0 spiro atoms. The van der Waals surface area contributed by atoms with Crippen LogP contribution in [0, 0.1) is 0 Å². The monoisotopic (exact) mass is 401 g/mol. The maximum absolute atomic E-state index is 3.67. The summed E-state index contributed by atoms with van der Waals surface area (Å²) in [7, 11) is 0. The number of hydrogen-bond donors (Lipinski definition) is 1. The molecule has 2 aromatic rings. The molecule has 1 N–H and O–H groups in total. The van der Waals surface area contributed by atoms with Gasteiger partial charge in [0.15, 0.2) is 0 Å². The molecule has 0 fully saturated rings. The SMILES string of the molecule is CCNCC(Cc1cc(Br)cs1)c1ccccc1Br. The summed E-state index contributed by atoms with van der Waals surface area (Å²) in [6.07, 6.45) is 1.08. The van der Waals surface area contributed by atoms with E-state index in [9.17, 15) is 0 Å². The zero-order valence-electron chi connectivity index (χ0n) is 10.8. The molecule has 0 aliphatic carbocycles. The van der Waals surface area contributed by atoms with E-state index < -0.39 is 0 Å². The first-order chi connectivity index (χ1) is 9.20. The Morgan fingerprint density at radius 1 is 1.26 bits per heavy atom. The van der Waals surface area contributed by atoms with Crippen molar-refractivity contribution in [1.82, 2.24) is 5.32 Å². The van der Waals surface area contributed by atoms with Gasteiger partial charge < -0.3 is 5.32 Å². The molecule has 4 heteroatoms. The van der Waals surface area contributed by atoms with E-state index in [1.807, 2.05) is 11.3 Å². The predicted molar refractivity (Wildman–Crippen MR) is 91.1 cm³/mol. The molecular weight excluding hydrogens is 386 g/mol. The lowest BCUT2D eigenvalue weighted by Crippen LogP contribution is -2.22. The first-order valence-electron chi connectivity index (χ1n) is 6.38. The molecule has 0 amide bonds. The molecule has 0 aliphatic rings. The molecule has 0 saturated carbocycles. The van der Waals surface area contributed by atoms with Crippen LogP contribution in [0.5, 0.6) is 0 Å². The Bertz CT molecular complexity index is 524. The van der Waals surface area contributed by atoms with Gasteiger partial charge in [-0.1, -0.05) is 41.1 Å². The van der Waals surface area contributed by atoms with Crippen molar-refractivity contribution in [3.63, 3.8) is 0 Å². The van der Waals surface area contributed by atoms with E-state index in [1.165, 1.54) is 19.4 Å². The fraction of sp³-hybridized carbons (Fsp3) is 0.333. The molecule has 1 aromatic heterocycles. The second-order valence-electron chi connectivity index (χ2n) is 4.46. The molecule has 0 aliphatic heterocycles. The summed E-state index contributed by atoms with van der Waals surface area (Å²) in [5.74, 6) is 0.501. The number of nitrogens with one attached hydrogen (secondary N) is 1. The third-order valence-corrected chi connectivity index (χ3v) is 5.50. The quantitative estimate of drug-likeness (QED) is 0.699. The van der Waals surface area contributed by atoms with Crippen LogP contribution >= 0.6 is 43.2 Å². The molecule has 19 heavy (non-hydrogen) atoms. The number of rotatable bonds is 6. The highest BCUT2D eigenvalue weighted by Crippen LogP contribution is 2.30. The number of thiophene rings is 1. The van der Waals surface area contributed by atoms with Crippen LogP contribution in [0.4, 0.5) is 0 Å². The van der Waals surface area contributed by atoms with Crippen LogP contribution in [-0.4, -0.2) is 13.1 Å². The molecule has 0 radical (unpaired) electrons. The van der Waals surface area contributed by atoms with Gasteiger partial charge in [0.1, 0.15) is 0 Å². The molecule has 1 atom stereocenters. The molecular formula is C15H17Br2NS. The van der Waals surface area contributed by atoms with Crippen LogP contribution in [0.2, 0.25) is 0 Å². The number of likely N-dealkylation sites (N-methyl/N-ethyl adjacent to an activating group) is 1. The fourth-order valence-corrected chi connectivity index (χ4v) is 4.26. The third-order valence-electron chi connectivity index (χ3n) is 3.06. The van der Waals surface area contributed by atoms with E-state index in [0.29, 0.717) is 5.92 Å². The van der Waals surface area contributed by atoms with Gasteiger partial charge in [0.2, 0.25) is 0 Å². The van der Waals surface area contributed by atoms with Crippen LogP contribution in [-0.2, 0) is 6.42 Å². The summed E-state index contributed by atoms with van der Waals surface area (Å²) in [6.45, 7) is 4.17. The van der Waals surface area contributed by atoms with Crippen molar-refractivity contribution in [3.05, 3.63) is 55.1 Å². The second kappa shape index (κ2) is 7.58. The highest BCUT2D eigenvalue weighted by Gasteiger charge is 2.15. The zero-order chi connectivity index (χ0) is 13.7. The minimum absolute atomic E-state index is 0.501. The largest absolute Gasteiger partial charge is 0.316 e. The van der Waals surface area contributed by atoms with Crippen molar-refractivity contribution in [3.8, 4) is 0 Å². The predicted octanol–water partition coefficient (Wildman–Crippen LogP) is 5.21. The van der Waals surface area contributed by atoms with Gasteiger partial charge in [-0.25, -0.2) is 0 Å². The maximum atomic E-state index is 3.67. The highest BCUT2D eigenvalue weighted by molar-refractivity contribution is 9.10. The number of benzene rings is 1. The molecule has 1 aromatic carbocycles. The number of hydrogen-bond acceptors (Lipinski definition) is 2. The summed E-state index contributed by atoms with van der Waals surface area (Å²) in [5.41, 5.74) is 1.38. The van der Waals surface area contributed by atoms with Gasteiger partial charge in [0, 0.05) is 31.7 Å². The molecule has 0 saturated heterocycles. The van der Waals surface area contributed by atoms with E-state index >= 15 is 0 Å². The van der Waals surface area contributed by atoms with E-state index in [4.69, 9.17) is 0 Å². The summed E-state index contributed by atoms with van der Waals surface area (Å²) in [4.78, 5) is 1.42. The first kappa shape index (κ1) is 15.2. The van der Waals surface area contributed by atoms with E-state index in [1.54, 1.807) is 0 Å². The molecule has 102 valence electrons. The molecule has 1 nitrogen and oxygen atoms in total. The Morgan fingerprint density at radius 2 is 2.05 bits per heavy atom. The fourth-order valence-electron chi connectivity index (χ4n) is 2.12. The Labute approximate surface area is 135 Å². The zero-order valence-corrected chi connectivity index (χ0v) is 14.8. The average molecular weight is 403 g/mol. The highest BCUT2D eigenvalue weighted by atomic mass is 79.9. The van der Waals surface area contributed by atoms with Crippen LogP contribution in [0.25, 0.3) is 0 Å². The summed E-state index contributed by atoms with van der Waals surface area (Å²) < 4.78 is 2.38. The van der Waals surface area contributed by atoms with Gasteiger partial charge >= 0.3 is 0 Å². The van der Waals surface area contributed by atoms with E-state index in [0.717, 1.165) is 19.5 Å². The van der Waals surface area contributed by atoms with Crippen molar-refractivity contribution < 1.29 is 0 Å². The maximum Gasteiger partial charge on any atom is 0.0285 e. The van der Waals surface area contributed by atoms with Gasteiger partial charge in [-0.05, 0) is 46.6 Å². The lowest BCUT2D eigenvalue weighted by atomic mass is 9.95. The number of halogens is 2. The van der Waals surface area contributed by atoms with E-state index in [2.05, 4.69) is 79.8 Å². The van der Waals surface area contributed by atoms with Crippen LogP contribution in [0.1, 0.15) is 23.3 Å². The molecule has 1 unspecified atom stereocenters. The second-order valence-corrected chi connectivity index (χ2v) is 7.23. The summed E-state index contributed by atoms with van der Waals surface area (Å²) >= 11 is 9.03. The smallest absolute Gasteiger partial charge is 0.0285 e. The van der Waals surface area contributed by atoms with Crippen LogP contribution in [0.15, 0.2) is 44.7 Å². The molecule has 1 heterocycles. The van der Waals surface area contributed by atoms with Crippen molar-refractivity contribution in [2.75, 3.05) is 13.1 Å². The van der Waals surface area contributed by atoms with Crippen LogP contribution in [0.3, 0.4) is 0 Å². The van der Waals surface area contributed by atoms with Gasteiger partial charge in [0.05, 0.1) is 0 Å². The standard InChI is InChI=1S/C15H17Br2NS/c1-2-18-9-11(7-13-8-12(16)10-19-13)14-5-3-4-6-15(14)17/h3-6,8,10-11,18H,2,7,9H2,1H3. The molecule has 0 bridgehead atoms. The van der Waals surface area contributed by atoms with Crippen molar-refractivity contribution in [2.45, 2.75) is 19.3 Å². The summed E-state index contributed by atoms with van der Waals surface area (Å²) in [6, 6.07) is 10.7. The van der Waals surface area contributed by atoms with Gasteiger partial charge in [0.25, 0.3) is 0 Å². The lowest BCUT2D eigenvalue weighted by Gasteiger charge is -2.18. The van der Waals surface area contributed by atoms with E-state index in [-0.39, 0.29) is 0 Å². The van der Waals surface area contributed by atoms with Gasteiger partial charge in [-0.2, -0.15) is 0 Å². The normalized spacial score (nSPS) is 12.6. The Balaban J connectivity index is 2.18. The van der Waals surface area contributed by atoms with Gasteiger partial charge in [-0.3, -0.25) is 0 Å². The first-order valence-corrected chi connectivity index (χ1v) is 8.85. The topological polar surface area (TPSA) is 12.0 Å². The minimum Gasteiger partial charge on any atom is -0.316 e. The van der Waals surface area contributed by atoms with Crippen molar-refractivity contribution in [1.29, 1.82) is 0 Å². The van der Waals surface area contributed by atoms with Crippen molar-refractivity contribution in [2.24, 2.45) is 0 Å². The Morgan fingerprint density at radius 3 is 2.68 bits per heavy atom. The molecule has 2 rings (SSSR count). The minimum atomic E-state index is 0.501. The third kappa shape index (κ3) is 4.42. The average Bonchev–Trinajstić information content (AvgIpc) is 2.81. The Kier molecular flexibility index (Phi) is 6.07. The lowest BCUT2D eigenvalue weighted by molar-refractivity contribution is 0.596. The summed E-state index contributed by atoms with van der Waals surface area (Å²) in [5, 5.41) is 5.63. The van der Waals surface area contributed by atoms with Gasteiger partial charge in [-0.15, -0.1) is 11.3 Å². The van der Waals surface area contributed by atoms with Crippen LogP contribution < -0.4 is 5.32 Å².